The molecule has 0 spiro atoms. The largest absolute Gasteiger partial charge is 0.304 e. The third kappa shape index (κ3) is 3.07. The van der Waals surface area contributed by atoms with E-state index in [2.05, 4.69) is 46.7 Å². The molecule has 20 heavy (non-hydrogen) atoms. The van der Waals surface area contributed by atoms with Gasteiger partial charge in [0.15, 0.2) is 0 Å². The van der Waals surface area contributed by atoms with E-state index in [4.69, 9.17) is 0 Å². The molecule has 2 heteroatoms. The molecule has 3 rings (SSSR count). The summed E-state index contributed by atoms with van der Waals surface area (Å²) in [6.07, 6.45) is 5.05. The molecule has 1 aliphatic carbocycles. The van der Waals surface area contributed by atoms with E-state index in [0.717, 1.165) is 17.9 Å². The van der Waals surface area contributed by atoms with Crippen molar-refractivity contribution < 1.29 is 0 Å². The van der Waals surface area contributed by atoms with Crippen LogP contribution in [0.4, 0.5) is 0 Å². The smallest absolute Gasteiger partial charge is 0.0545 e. The summed E-state index contributed by atoms with van der Waals surface area (Å²) >= 11 is 0. The molecule has 0 saturated heterocycles. The molecular formula is C18H22N2. The molecule has 1 heterocycles. The molecule has 1 atom stereocenters. The average molecular weight is 266 g/mol. The van der Waals surface area contributed by atoms with Gasteiger partial charge < -0.3 is 5.32 Å². The van der Waals surface area contributed by atoms with Gasteiger partial charge in [0.25, 0.3) is 0 Å². The van der Waals surface area contributed by atoms with E-state index in [9.17, 15) is 0 Å². The number of hydrogen-bond acceptors (Lipinski definition) is 2. The summed E-state index contributed by atoms with van der Waals surface area (Å²) in [5.74, 6) is 0. The van der Waals surface area contributed by atoms with Crippen LogP contribution in [0.15, 0.2) is 42.5 Å². The van der Waals surface area contributed by atoms with E-state index in [1.54, 1.807) is 0 Å². The molecule has 1 aromatic heterocycles. The fourth-order valence-electron chi connectivity index (χ4n) is 3.06. The minimum absolute atomic E-state index is 0.469. The molecule has 0 saturated carbocycles. The number of aryl methyl sites for hydroxylation is 2. The van der Waals surface area contributed by atoms with Gasteiger partial charge in [-0.1, -0.05) is 36.8 Å². The number of hydrogen-bond donors (Lipinski definition) is 1. The fraction of sp³-hybridized carbons (Fsp3) is 0.389. The van der Waals surface area contributed by atoms with Crippen molar-refractivity contribution in [1.82, 2.24) is 10.3 Å². The van der Waals surface area contributed by atoms with Crippen LogP contribution >= 0.6 is 0 Å². The lowest BCUT2D eigenvalue weighted by atomic mass is 9.99. The molecule has 1 N–H and O–H groups in total. The maximum absolute atomic E-state index is 4.57. The average Bonchev–Trinajstić information content (AvgIpc) is 2.67. The second-order valence-corrected chi connectivity index (χ2v) is 5.65. The van der Waals surface area contributed by atoms with E-state index >= 15 is 0 Å². The Morgan fingerprint density at radius 2 is 2.00 bits per heavy atom. The summed E-state index contributed by atoms with van der Waals surface area (Å²) in [4.78, 5) is 4.57. The molecule has 2 aromatic rings. The van der Waals surface area contributed by atoms with Crippen LogP contribution in [-0.4, -0.2) is 4.98 Å². The number of rotatable bonds is 3. The molecule has 0 bridgehead atoms. The summed E-state index contributed by atoms with van der Waals surface area (Å²) < 4.78 is 0. The van der Waals surface area contributed by atoms with Gasteiger partial charge >= 0.3 is 0 Å². The lowest BCUT2D eigenvalue weighted by Crippen LogP contribution is -2.21. The van der Waals surface area contributed by atoms with Crippen molar-refractivity contribution in [2.75, 3.05) is 0 Å². The van der Waals surface area contributed by atoms with Gasteiger partial charge in [-0.2, -0.15) is 0 Å². The molecule has 104 valence electrons. The first kappa shape index (κ1) is 13.3. The van der Waals surface area contributed by atoms with Crippen LogP contribution in [0.2, 0.25) is 0 Å². The van der Waals surface area contributed by atoms with Crippen molar-refractivity contribution >= 4 is 0 Å². The van der Waals surface area contributed by atoms with Crippen LogP contribution in [0, 0.1) is 6.92 Å². The molecule has 0 fully saturated rings. The topological polar surface area (TPSA) is 24.9 Å². The maximum atomic E-state index is 4.57. The molecule has 2 nitrogen and oxygen atoms in total. The van der Waals surface area contributed by atoms with Crippen molar-refractivity contribution in [3.05, 3.63) is 65.0 Å². The number of aromatic nitrogens is 1. The summed E-state index contributed by atoms with van der Waals surface area (Å²) in [7, 11) is 0. The van der Waals surface area contributed by atoms with E-state index in [-0.39, 0.29) is 0 Å². The van der Waals surface area contributed by atoms with Gasteiger partial charge in [0.2, 0.25) is 0 Å². The van der Waals surface area contributed by atoms with Crippen molar-refractivity contribution in [3.8, 4) is 0 Å². The molecule has 0 amide bonds. The Hall–Kier alpha value is -1.67. The van der Waals surface area contributed by atoms with Crippen LogP contribution in [0.1, 0.15) is 47.8 Å². The van der Waals surface area contributed by atoms with Crippen LogP contribution in [0.25, 0.3) is 0 Å². The second-order valence-electron chi connectivity index (χ2n) is 5.65. The Bertz CT molecular complexity index is 577. The summed E-state index contributed by atoms with van der Waals surface area (Å²) in [6, 6.07) is 15.6. The minimum Gasteiger partial charge on any atom is -0.304 e. The van der Waals surface area contributed by atoms with Crippen molar-refractivity contribution in [1.29, 1.82) is 0 Å². The van der Waals surface area contributed by atoms with E-state index < -0.39 is 0 Å². The highest BCUT2D eigenvalue weighted by Crippen LogP contribution is 2.28. The number of fused-ring (bicyclic) bond motifs is 1. The fourth-order valence-corrected chi connectivity index (χ4v) is 3.06. The highest BCUT2D eigenvalue weighted by atomic mass is 14.9. The quantitative estimate of drug-likeness (QED) is 0.851. The van der Waals surface area contributed by atoms with Crippen molar-refractivity contribution in [2.45, 2.75) is 45.2 Å². The van der Waals surface area contributed by atoms with Gasteiger partial charge in [0, 0.05) is 18.3 Å². The van der Waals surface area contributed by atoms with Gasteiger partial charge in [-0.3, -0.25) is 4.98 Å². The van der Waals surface area contributed by atoms with Crippen LogP contribution in [-0.2, 0) is 13.0 Å². The van der Waals surface area contributed by atoms with Gasteiger partial charge in [-0.05, 0) is 49.4 Å². The molecular weight excluding hydrogens is 244 g/mol. The van der Waals surface area contributed by atoms with Crippen molar-refractivity contribution in [3.63, 3.8) is 0 Å². The van der Waals surface area contributed by atoms with Gasteiger partial charge in [0.05, 0.1) is 5.69 Å². The third-order valence-electron chi connectivity index (χ3n) is 4.10. The number of nitrogens with one attached hydrogen (secondary N) is 1. The SMILES string of the molecule is Cc1cccc(CNC2CCCCc3ccccc32)n1. The zero-order valence-corrected chi connectivity index (χ0v) is 12.1. The van der Waals surface area contributed by atoms with Gasteiger partial charge in [-0.15, -0.1) is 0 Å². The highest BCUT2D eigenvalue weighted by Gasteiger charge is 2.17. The standard InChI is InChI=1S/C18H22N2/c1-14-7-6-10-16(20-14)13-19-18-12-5-3-9-15-8-2-4-11-17(15)18/h2,4,6-8,10-11,18-19H,3,5,9,12-13H2,1H3. The predicted octanol–water partition coefficient (Wildman–Crippen LogP) is 3.95. The first-order valence-electron chi connectivity index (χ1n) is 7.56. The molecule has 1 unspecified atom stereocenters. The Morgan fingerprint density at radius 3 is 2.90 bits per heavy atom. The Balaban J connectivity index is 1.74. The zero-order chi connectivity index (χ0) is 13.8. The first-order valence-corrected chi connectivity index (χ1v) is 7.56. The summed E-state index contributed by atoms with van der Waals surface area (Å²) in [5.41, 5.74) is 5.22. The zero-order valence-electron chi connectivity index (χ0n) is 12.1. The Kier molecular flexibility index (Phi) is 4.12. The number of benzene rings is 1. The van der Waals surface area contributed by atoms with Crippen molar-refractivity contribution in [2.24, 2.45) is 0 Å². The molecule has 1 aliphatic rings. The first-order chi connectivity index (χ1) is 9.83. The molecule has 1 aromatic carbocycles. The summed E-state index contributed by atoms with van der Waals surface area (Å²) in [6.45, 7) is 2.89. The highest BCUT2D eigenvalue weighted by molar-refractivity contribution is 5.31. The molecule has 0 radical (unpaired) electrons. The normalized spacial score (nSPS) is 18.4. The Labute approximate surface area is 121 Å². The lowest BCUT2D eigenvalue weighted by Gasteiger charge is -2.19. The van der Waals surface area contributed by atoms with Crippen LogP contribution < -0.4 is 5.32 Å². The molecule has 0 aliphatic heterocycles. The van der Waals surface area contributed by atoms with E-state index in [0.29, 0.717) is 6.04 Å². The van der Waals surface area contributed by atoms with Gasteiger partial charge in [-0.25, -0.2) is 0 Å². The lowest BCUT2D eigenvalue weighted by molar-refractivity contribution is 0.485. The maximum Gasteiger partial charge on any atom is 0.0545 e. The number of pyridine rings is 1. The van der Waals surface area contributed by atoms with E-state index in [1.807, 2.05) is 13.0 Å². The Morgan fingerprint density at radius 1 is 1.10 bits per heavy atom. The van der Waals surface area contributed by atoms with Crippen LogP contribution in [0.3, 0.4) is 0 Å². The summed E-state index contributed by atoms with van der Waals surface area (Å²) in [5, 5.41) is 3.70. The number of nitrogens with zero attached hydrogens (tertiary/aromatic N) is 1. The predicted molar refractivity (Wildman–Crippen MR) is 82.6 cm³/mol. The minimum atomic E-state index is 0.469. The van der Waals surface area contributed by atoms with E-state index in [1.165, 1.54) is 36.8 Å². The van der Waals surface area contributed by atoms with Crippen LogP contribution in [0.5, 0.6) is 0 Å². The monoisotopic (exact) mass is 266 g/mol. The van der Waals surface area contributed by atoms with Gasteiger partial charge in [0.1, 0.15) is 0 Å². The third-order valence-corrected chi connectivity index (χ3v) is 4.10. The second kappa shape index (κ2) is 6.19.